The zero-order chi connectivity index (χ0) is 21.8. The van der Waals surface area contributed by atoms with Crippen molar-refractivity contribution in [1.82, 2.24) is 0 Å². The Morgan fingerprint density at radius 3 is 2.13 bits per heavy atom. The first-order valence-electron chi connectivity index (χ1n) is 8.55. The van der Waals surface area contributed by atoms with Crippen molar-refractivity contribution in [3.05, 3.63) is 87.0 Å². The molecule has 1 aliphatic rings. The van der Waals surface area contributed by atoms with E-state index in [1.54, 1.807) is 6.07 Å². The van der Waals surface area contributed by atoms with E-state index >= 15 is 0 Å². The predicted molar refractivity (Wildman–Crippen MR) is 107 cm³/mol. The molecule has 3 aromatic rings. The Balaban J connectivity index is 2.03. The van der Waals surface area contributed by atoms with Crippen molar-refractivity contribution < 1.29 is 22.9 Å². The summed E-state index contributed by atoms with van der Waals surface area (Å²) in [6, 6.07) is 12.0. The predicted octanol–water partition coefficient (Wildman–Crippen LogP) is 2.37. The van der Waals surface area contributed by atoms with Crippen LogP contribution in [0.3, 0.4) is 0 Å². The molecule has 0 heterocycles. The Morgan fingerprint density at radius 2 is 1.50 bits per heavy atom. The zero-order valence-corrected chi connectivity index (χ0v) is 16.0. The molecule has 0 radical (unpaired) electrons. The fourth-order valence-corrected chi connectivity index (χ4v) is 4.95. The molecule has 0 aromatic heterocycles. The highest BCUT2D eigenvalue weighted by Crippen LogP contribution is 2.41. The molecule has 150 valence electrons. The number of nitrogens with zero attached hydrogens (tertiary/aromatic N) is 1. The van der Waals surface area contributed by atoms with Gasteiger partial charge in [-0.3, -0.25) is 19.7 Å². The van der Waals surface area contributed by atoms with Crippen LogP contribution in [-0.4, -0.2) is 24.9 Å². The van der Waals surface area contributed by atoms with Gasteiger partial charge in [-0.15, -0.1) is 0 Å². The van der Waals surface area contributed by atoms with Gasteiger partial charge in [-0.25, -0.2) is 8.42 Å². The molecule has 9 nitrogen and oxygen atoms in total. The molecule has 30 heavy (non-hydrogen) atoms. The number of benzene rings is 3. The van der Waals surface area contributed by atoms with Gasteiger partial charge in [-0.05, 0) is 24.3 Å². The number of carbonyl (C=O) groups excluding carboxylic acids is 2. The first-order chi connectivity index (χ1) is 14.2. The zero-order valence-electron chi connectivity index (χ0n) is 15.2. The smallest absolute Gasteiger partial charge is 0.281 e. The summed E-state index contributed by atoms with van der Waals surface area (Å²) in [5, 5.41) is 11.3. The Labute approximate surface area is 170 Å². The molecule has 1 aliphatic carbocycles. The Hall–Kier alpha value is -4.05. The number of nitrogens with two attached hydrogens (primary N) is 2. The van der Waals surface area contributed by atoms with E-state index in [1.807, 2.05) is 0 Å². The molecule has 4 N–H and O–H groups in total. The third-order valence-electron chi connectivity index (χ3n) is 4.87. The molecule has 0 atom stereocenters. The van der Waals surface area contributed by atoms with E-state index in [2.05, 4.69) is 0 Å². The van der Waals surface area contributed by atoms with Crippen LogP contribution in [-0.2, 0) is 9.84 Å². The van der Waals surface area contributed by atoms with Crippen LogP contribution in [0.2, 0.25) is 0 Å². The molecule has 0 bridgehead atoms. The van der Waals surface area contributed by atoms with Crippen LogP contribution in [0.1, 0.15) is 31.8 Å². The monoisotopic (exact) mass is 423 g/mol. The maximum Gasteiger partial charge on any atom is 0.281 e. The molecule has 0 amide bonds. The lowest BCUT2D eigenvalue weighted by Gasteiger charge is -2.22. The first kappa shape index (κ1) is 19.3. The van der Waals surface area contributed by atoms with Gasteiger partial charge < -0.3 is 11.5 Å². The fourth-order valence-electron chi connectivity index (χ4n) is 3.50. The summed E-state index contributed by atoms with van der Waals surface area (Å²) in [5.41, 5.74) is 9.39. The quantitative estimate of drug-likeness (QED) is 0.288. The van der Waals surface area contributed by atoms with Crippen LogP contribution >= 0.6 is 0 Å². The number of carbonyl (C=O) groups is 2. The molecule has 0 saturated heterocycles. The molecule has 4 rings (SSSR count). The molecule has 0 saturated carbocycles. The van der Waals surface area contributed by atoms with Crippen LogP contribution in [0, 0.1) is 10.1 Å². The summed E-state index contributed by atoms with van der Waals surface area (Å²) in [6.07, 6.45) is 0. The average molecular weight is 423 g/mol. The van der Waals surface area contributed by atoms with E-state index in [0.29, 0.717) is 0 Å². The van der Waals surface area contributed by atoms with E-state index in [0.717, 1.165) is 12.1 Å². The molecule has 0 unspecified atom stereocenters. The number of hydrogen-bond donors (Lipinski definition) is 2. The summed E-state index contributed by atoms with van der Waals surface area (Å²) in [7, 11) is -4.14. The Kier molecular flexibility index (Phi) is 4.17. The van der Waals surface area contributed by atoms with E-state index in [9.17, 15) is 28.1 Å². The van der Waals surface area contributed by atoms with Crippen LogP contribution < -0.4 is 11.5 Å². The molecule has 10 heteroatoms. The number of ketones is 2. The maximum atomic E-state index is 13.1. The summed E-state index contributed by atoms with van der Waals surface area (Å²) in [4.78, 5) is 36.2. The van der Waals surface area contributed by atoms with Crippen LogP contribution in [0.4, 0.5) is 17.1 Å². The summed E-state index contributed by atoms with van der Waals surface area (Å²) >= 11 is 0. The van der Waals surface area contributed by atoms with E-state index < -0.39 is 48.2 Å². The first-order valence-corrected chi connectivity index (χ1v) is 10.0. The van der Waals surface area contributed by atoms with E-state index in [4.69, 9.17) is 11.5 Å². The summed E-state index contributed by atoms with van der Waals surface area (Å²) in [5.74, 6) is -1.67. The number of nitrogen functional groups attached to an aromatic ring is 2. The second kappa shape index (κ2) is 6.49. The highest BCUT2D eigenvalue weighted by atomic mass is 32.2. The van der Waals surface area contributed by atoms with Crippen molar-refractivity contribution in [1.29, 1.82) is 0 Å². The van der Waals surface area contributed by atoms with Crippen molar-refractivity contribution in [3.63, 3.8) is 0 Å². The average Bonchev–Trinajstić information content (AvgIpc) is 2.73. The van der Waals surface area contributed by atoms with Gasteiger partial charge in [0.05, 0.1) is 31.5 Å². The number of nitro benzene ring substituents is 1. The minimum Gasteiger partial charge on any atom is -0.398 e. The van der Waals surface area contributed by atoms with Crippen molar-refractivity contribution in [3.8, 4) is 0 Å². The largest absolute Gasteiger partial charge is 0.398 e. The summed E-state index contributed by atoms with van der Waals surface area (Å²) < 4.78 is 26.1. The highest BCUT2D eigenvalue weighted by molar-refractivity contribution is 7.91. The van der Waals surface area contributed by atoms with Gasteiger partial charge in [0.1, 0.15) is 5.56 Å². The minimum atomic E-state index is -4.14. The third kappa shape index (κ3) is 2.58. The maximum absolute atomic E-state index is 13.1. The topological polar surface area (TPSA) is 163 Å². The molecule has 3 aromatic carbocycles. The standard InChI is InChI=1S/C20H13N3O6S/c21-12-9-14(30(28,29)10-5-2-1-3-6-10)18(22)17-16(12)20(25)15-11(19(17)24)7-4-8-13(15)23(26)27/h1-9H,21-22H2. The van der Waals surface area contributed by atoms with Gasteiger partial charge >= 0.3 is 0 Å². The van der Waals surface area contributed by atoms with Crippen molar-refractivity contribution >= 4 is 38.5 Å². The number of nitro groups is 1. The van der Waals surface area contributed by atoms with E-state index in [-0.39, 0.29) is 27.3 Å². The lowest BCUT2D eigenvalue weighted by atomic mass is 9.81. The Bertz CT molecular complexity index is 1380. The summed E-state index contributed by atoms with van der Waals surface area (Å²) in [6.45, 7) is 0. The van der Waals surface area contributed by atoms with Crippen LogP contribution in [0.15, 0.2) is 64.4 Å². The normalized spacial score (nSPS) is 12.9. The van der Waals surface area contributed by atoms with Crippen molar-refractivity contribution in [2.24, 2.45) is 0 Å². The number of hydrogen-bond acceptors (Lipinski definition) is 8. The van der Waals surface area contributed by atoms with Gasteiger partial charge in [0, 0.05) is 17.3 Å². The van der Waals surface area contributed by atoms with Gasteiger partial charge in [0.25, 0.3) is 5.69 Å². The molecule has 0 fully saturated rings. The van der Waals surface area contributed by atoms with Gasteiger partial charge in [0.2, 0.25) is 15.6 Å². The van der Waals surface area contributed by atoms with Crippen molar-refractivity contribution in [2.75, 3.05) is 11.5 Å². The lowest BCUT2D eigenvalue weighted by Crippen LogP contribution is -2.26. The molecular weight excluding hydrogens is 410 g/mol. The number of fused-ring (bicyclic) bond motifs is 2. The minimum absolute atomic E-state index is 0.0679. The van der Waals surface area contributed by atoms with Gasteiger partial charge in [-0.2, -0.15) is 0 Å². The number of anilines is 2. The second-order valence-corrected chi connectivity index (χ2v) is 8.48. The SMILES string of the molecule is Nc1cc(S(=O)(=O)c2ccccc2)c(N)c2c1C(=O)c1c(cccc1[N+](=O)[O-])C2=O. The molecular formula is C20H13N3O6S. The fraction of sp³-hybridized carbons (Fsp3) is 0. The van der Waals surface area contributed by atoms with Crippen LogP contribution in [0.5, 0.6) is 0 Å². The van der Waals surface area contributed by atoms with Crippen LogP contribution in [0.25, 0.3) is 0 Å². The van der Waals surface area contributed by atoms with Gasteiger partial charge in [-0.1, -0.05) is 24.3 Å². The van der Waals surface area contributed by atoms with Crippen molar-refractivity contribution in [2.45, 2.75) is 9.79 Å². The number of sulfone groups is 1. The van der Waals surface area contributed by atoms with E-state index in [1.165, 1.54) is 36.4 Å². The Morgan fingerprint density at radius 1 is 0.833 bits per heavy atom. The van der Waals surface area contributed by atoms with Gasteiger partial charge in [0.15, 0.2) is 5.78 Å². The molecule has 0 spiro atoms. The number of rotatable bonds is 3. The highest BCUT2D eigenvalue weighted by Gasteiger charge is 2.40. The molecule has 0 aliphatic heterocycles. The third-order valence-corrected chi connectivity index (χ3v) is 6.68. The lowest BCUT2D eigenvalue weighted by molar-refractivity contribution is -0.385. The second-order valence-electron chi connectivity index (χ2n) is 6.56.